The van der Waals surface area contributed by atoms with Crippen LogP contribution in [-0.4, -0.2) is 80.7 Å². The predicted octanol–water partition coefficient (Wildman–Crippen LogP) is 3.11. The van der Waals surface area contributed by atoms with E-state index in [1.165, 1.54) is 0 Å². The molecule has 0 spiro atoms. The number of aliphatic hydroxyl groups excluding tert-OH is 1. The Morgan fingerprint density at radius 1 is 1.32 bits per heavy atom. The second-order valence-electron chi connectivity index (χ2n) is 10.2. The number of hydrogen-bond donors (Lipinski definition) is 1. The van der Waals surface area contributed by atoms with Crippen molar-refractivity contribution >= 4 is 22.9 Å². The number of nitrogens with zero attached hydrogens (tertiary/aromatic N) is 4. The van der Waals surface area contributed by atoms with E-state index >= 15 is 0 Å². The molecule has 1 aromatic carbocycles. The van der Waals surface area contributed by atoms with E-state index in [9.17, 15) is 14.7 Å². The highest BCUT2D eigenvalue weighted by atomic mass is 16.6. The first-order valence-electron chi connectivity index (χ1n) is 12.2. The number of aromatic nitrogens is 2. The second-order valence-corrected chi connectivity index (χ2v) is 10.2. The van der Waals surface area contributed by atoms with E-state index in [0.29, 0.717) is 26.1 Å². The van der Waals surface area contributed by atoms with Gasteiger partial charge in [0, 0.05) is 31.1 Å². The van der Waals surface area contributed by atoms with Gasteiger partial charge in [-0.15, -0.1) is 0 Å². The number of hydrogen-bond acceptors (Lipinski definition) is 6. The fourth-order valence-electron chi connectivity index (χ4n) is 4.40. The van der Waals surface area contributed by atoms with Crippen LogP contribution in [0.3, 0.4) is 0 Å². The Balaban J connectivity index is 1.51. The summed E-state index contributed by atoms with van der Waals surface area (Å²) in [5, 5.41) is 14.7. The summed E-state index contributed by atoms with van der Waals surface area (Å²) in [5.41, 5.74) is 1.43. The number of fused-ring (bicyclic) bond motifs is 1. The number of morpholine rings is 1. The number of aryl methyl sites for hydroxylation is 1. The van der Waals surface area contributed by atoms with Crippen LogP contribution in [0.15, 0.2) is 24.4 Å². The summed E-state index contributed by atoms with van der Waals surface area (Å²) in [4.78, 5) is 29.7. The SMILES string of the molecule is CC(c1ccc2cnn(CCCO)c2c1)N(C(=O)[C@H]1CN(C(=O)OC(C)(C)C)CCO1)C1CC1. The molecule has 2 aliphatic rings. The summed E-state index contributed by atoms with van der Waals surface area (Å²) in [6, 6.07) is 6.19. The molecule has 1 saturated heterocycles. The van der Waals surface area contributed by atoms with Gasteiger partial charge < -0.3 is 24.4 Å². The van der Waals surface area contributed by atoms with Crippen molar-refractivity contribution in [1.82, 2.24) is 19.6 Å². The Morgan fingerprint density at radius 2 is 2.09 bits per heavy atom. The van der Waals surface area contributed by atoms with Crippen molar-refractivity contribution in [2.45, 2.75) is 77.3 Å². The third kappa shape index (κ3) is 5.52. The molecule has 1 aliphatic carbocycles. The maximum atomic E-state index is 13.6. The van der Waals surface area contributed by atoms with Crippen LogP contribution in [0.5, 0.6) is 0 Å². The predicted molar refractivity (Wildman–Crippen MR) is 127 cm³/mol. The van der Waals surface area contributed by atoms with E-state index in [-0.39, 0.29) is 31.1 Å². The topological polar surface area (TPSA) is 97.1 Å². The molecule has 1 aliphatic heterocycles. The van der Waals surface area contributed by atoms with Gasteiger partial charge >= 0.3 is 6.09 Å². The van der Waals surface area contributed by atoms with Gasteiger partial charge in [-0.1, -0.05) is 12.1 Å². The average Bonchev–Trinajstić information content (AvgIpc) is 3.55. The lowest BCUT2D eigenvalue weighted by Crippen LogP contribution is -2.54. The molecule has 2 atom stereocenters. The zero-order chi connectivity index (χ0) is 24.5. The molecule has 9 nitrogen and oxygen atoms in total. The Labute approximate surface area is 200 Å². The van der Waals surface area contributed by atoms with Crippen molar-refractivity contribution in [2.24, 2.45) is 0 Å². The first kappa shape index (κ1) is 24.5. The summed E-state index contributed by atoms with van der Waals surface area (Å²) < 4.78 is 13.2. The Kier molecular flexibility index (Phi) is 7.14. The van der Waals surface area contributed by atoms with Crippen molar-refractivity contribution in [2.75, 3.05) is 26.3 Å². The standard InChI is InChI=1S/C25H36N4O5/c1-17(18-6-7-19-15-26-28(10-5-12-30)21(19)14-18)29(20-8-9-20)23(31)22-16-27(11-13-33-22)24(32)34-25(2,3)4/h6-7,14-15,17,20,22,30H,5,8-13,16H2,1-4H3/t17?,22-/m1/s1. The van der Waals surface area contributed by atoms with E-state index in [2.05, 4.69) is 11.2 Å². The van der Waals surface area contributed by atoms with Gasteiger partial charge in [0.05, 0.1) is 30.9 Å². The number of rotatable bonds is 7. The lowest BCUT2D eigenvalue weighted by molar-refractivity contribution is -0.151. The summed E-state index contributed by atoms with van der Waals surface area (Å²) in [5.74, 6) is -0.0860. The first-order valence-corrected chi connectivity index (χ1v) is 12.2. The molecule has 186 valence electrons. The fraction of sp³-hybridized carbons (Fsp3) is 0.640. The molecule has 1 aromatic heterocycles. The molecular formula is C25H36N4O5. The number of benzene rings is 1. The van der Waals surface area contributed by atoms with Crippen molar-refractivity contribution < 1.29 is 24.2 Å². The molecule has 1 N–H and O–H groups in total. The van der Waals surface area contributed by atoms with Crippen LogP contribution >= 0.6 is 0 Å². The largest absolute Gasteiger partial charge is 0.444 e. The number of aliphatic hydroxyl groups is 1. The van der Waals surface area contributed by atoms with Crippen LogP contribution in [-0.2, 0) is 20.8 Å². The maximum Gasteiger partial charge on any atom is 0.410 e. The minimum atomic E-state index is -0.705. The molecule has 1 saturated carbocycles. The van der Waals surface area contributed by atoms with Gasteiger partial charge in [0.2, 0.25) is 0 Å². The number of carbonyl (C=O) groups is 2. The zero-order valence-electron chi connectivity index (χ0n) is 20.6. The molecule has 2 heterocycles. The summed E-state index contributed by atoms with van der Waals surface area (Å²) >= 11 is 0. The van der Waals surface area contributed by atoms with Crippen molar-refractivity contribution in [3.05, 3.63) is 30.0 Å². The van der Waals surface area contributed by atoms with Crippen molar-refractivity contribution in [3.63, 3.8) is 0 Å². The first-order chi connectivity index (χ1) is 16.2. The van der Waals surface area contributed by atoms with Crippen LogP contribution in [0.25, 0.3) is 10.9 Å². The van der Waals surface area contributed by atoms with Gasteiger partial charge in [-0.25, -0.2) is 4.79 Å². The van der Waals surface area contributed by atoms with Crippen LogP contribution in [0.1, 0.15) is 58.6 Å². The lowest BCUT2D eigenvalue weighted by Gasteiger charge is -2.37. The summed E-state index contributed by atoms with van der Waals surface area (Å²) in [6.07, 6.45) is 3.27. The van der Waals surface area contributed by atoms with Gasteiger partial charge in [-0.05, 0) is 58.6 Å². The molecule has 9 heteroatoms. The van der Waals surface area contributed by atoms with Gasteiger partial charge in [0.25, 0.3) is 5.91 Å². The summed E-state index contributed by atoms with van der Waals surface area (Å²) in [7, 11) is 0. The number of amides is 2. The van der Waals surface area contributed by atoms with Crippen LogP contribution in [0.4, 0.5) is 4.79 Å². The highest BCUT2D eigenvalue weighted by Gasteiger charge is 2.41. The van der Waals surface area contributed by atoms with Gasteiger partial charge in [-0.3, -0.25) is 9.48 Å². The molecular weight excluding hydrogens is 436 g/mol. The van der Waals surface area contributed by atoms with E-state index in [0.717, 1.165) is 29.3 Å². The quantitative estimate of drug-likeness (QED) is 0.665. The number of ether oxygens (including phenoxy) is 2. The molecule has 0 radical (unpaired) electrons. The average molecular weight is 473 g/mol. The van der Waals surface area contributed by atoms with E-state index in [4.69, 9.17) is 9.47 Å². The van der Waals surface area contributed by atoms with Crippen molar-refractivity contribution in [3.8, 4) is 0 Å². The van der Waals surface area contributed by atoms with E-state index < -0.39 is 17.8 Å². The smallest absolute Gasteiger partial charge is 0.410 e. The monoisotopic (exact) mass is 472 g/mol. The zero-order valence-corrected chi connectivity index (χ0v) is 20.6. The fourth-order valence-corrected chi connectivity index (χ4v) is 4.40. The van der Waals surface area contributed by atoms with Crippen LogP contribution in [0, 0.1) is 0 Å². The number of carbonyl (C=O) groups excluding carboxylic acids is 2. The van der Waals surface area contributed by atoms with Crippen molar-refractivity contribution in [1.29, 1.82) is 0 Å². The molecule has 0 bridgehead atoms. The second kappa shape index (κ2) is 9.92. The minimum Gasteiger partial charge on any atom is -0.444 e. The molecule has 2 amide bonds. The molecule has 4 rings (SSSR count). The Bertz CT molecular complexity index is 1030. The third-order valence-corrected chi connectivity index (χ3v) is 6.28. The van der Waals surface area contributed by atoms with E-state index in [1.807, 2.05) is 55.6 Å². The molecule has 1 unspecified atom stereocenters. The normalized spacial score (nSPS) is 19.8. The van der Waals surface area contributed by atoms with Crippen LogP contribution in [0.2, 0.25) is 0 Å². The lowest BCUT2D eigenvalue weighted by atomic mass is 10.0. The van der Waals surface area contributed by atoms with Gasteiger partial charge in [-0.2, -0.15) is 5.10 Å². The molecule has 2 fully saturated rings. The maximum absolute atomic E-state index is 13.6. The van der Waals surface area contributed by atoms with Gasteiger partial charge in [0.1, 0.15) is 5.60 Å². The van der Waals surface area contributed by atoms with Gasteiger partial charge in [0.15, 0.2) is 6.10 Å². The van der Waals surface area contributed by atoms with E-state index in [1.54, 1.807) is 4.90 Å². The highest BCUT2D eigenvalue weighted by molar-refractivity contribution is 5.84. The minimum absolute atomic E-state index is 0.0860. The molecule has 2 aromatic rings. The third-order valence-electron chi connectivity index (χ3n) is 6.28. The van der Waals surface area contributed by atoms with Crippen LogP contribution < -0.4 is 0 Å². The molecule has 34 heavy (non-hydrogen) atoms. The Morgan fingerprint density at radius 3 is 2.76 bits per heavy atom. The Hall–Kier alpha value is -2.65. The summed E-state index contributed by atoms with van der Waals surface area (Å²) in [6.45, 7) is 9.19. The highest BCUT2D eigenvalue weighted by Crippen LogP contribution is 2.36.